The smallest absolute Gasteiger partial charge is 0.241 e. The number of ether oxygens (including phenoxy) is 1. The molecule has 3 heterocycles. The van der Waals surface area contributed by atoms with Gasteiger partial charge in [0.2, 0.25) is 11.8 Å². The molecule has 1 aromatic rings. The molecular formula is C16H11ClNO6-. The minimum atomic E-state index is -1.50. The van der Waals surface area contributed by atoms with Crippen molar-refractivity contribution in [3.8, 4) is 0 Å². The Bertz CT molecular complexity index is 821. The number of fused-ring (bicyclic) bond motifs is 5. The van der Waals surface area contributed by atoms with Gasteiger partial charge < -0.3 is 19.7 Å². The van der Waals surface area contributed by atoms with E-state index in [4.69, 9.17) is 16.3 Å². The van der Waals surface area contributed by atoms with Crippen molar-refractivity contribution in [2.45, 2.75) is 11.7 Å². The lowest BCUT2D eigenvalue weighted by atomic mass is 9.77. The number of benzene rings is 1. The number of carboxylic acids is 1. The van der Waals surface area contributed by atoms with Crippen LogP contribution in [-0.4, -0.2) is 41.2 Å². The van der Waals surface area contributed by atoms with Gasteiger partial charge >= 0.3 is 0 Å². The number of halogens is 1. The van der Waals surface area contributed by atoms with Crippen molar-refractivity contribution in [3.05, 3.63) is 40.9 Å². The molecule has 0 spiro atoms. The molecule has 124 valence electrons. The molecule has 0 radical (unpaired) electrons. The van der Waals surface area contributed by atoms with Crippen LogP contribution in [0.1, 0.15) is 10.4 Å². The van der Waals surface area contributed by atoms with E-state index in [-0.39, 0.29) is 16.3 Å². The fourth-order valence-electron chi connectivity index (χ4n) is 3.75. The number of anilines is 1. The van der Waals surface area contributed by atoms with Gasteiger partial charge in [-0.1, -0.05) is 23.8 Å². The van der Waals surface area contributed by atoms with Crippen LogP contribution >= 0.6 is 11.6 Å². The van der Waals surface area contributed by atoms with Crippen molar-refractivity contribution in [2.24, 2.45) is 11.8 Å². The molecule has 2 saturated heterocycles. The van der Waals surface area contributed by atoms with Crippen molar-refractivity contribution in [1.82, 2.24) is 0 Å². The first-order valence-corrected chi connectivity index (χ1v) is 7.64. The lowest BCUT2D eigenvalue weighted by Crippen LogP contribution is -2.43. The Balaban J connectivity index is 1.77. The number of carbonyl (C=O) groups excluding carboxylic acids is 3. The lowest BCUT2D eigenvalue weighted by Gasteiger charge is -2.26. The summed E-state index contributed by atoms with van der Waals surface area (Å²) in [4.78, 5) is 37.6. The van der Waals surface area contributed by atoms with Crippen molar-refractivity contribution >= 4 is 35.1 Å². The van der Waals surface area contributed by atoms with Crippen LogP contribution in [0.2, 0.25) is 5.02 Å². The van der Waals surface area contributed by atoms with E-state index in [1.54, 1.807) is 12.2 Å². The number of hydrogen-bond acceptors (Lipinski definition) is 6. The molecule has 1 N–H and O–H groups in total. The summed E-state index contributed by atoms with van der Waals surface area (Å²) in [6.07, 6.45) is 2.71. The number of carboxylic acid groups (broad SMARTS) is 1. The Hall–Kier alpha value is -2.22. The first-order chi connectivity index (χ1) is 11.4. The summed E-state index contributed by atoms with van der Waals surface area (Å²) >= 11 is 5.80. The zero-order chi connectivity index (χ0) is 17.2. The zero-order valence-corrected chi connectivity index (χ0v) is 12.9. The molecule has 1 aromatic carbocycles. The van der Waals surface area contributed by atoms with E-state index >= 15 is 0 Å². The highest BCUT2D eigenvalue weighted by Crippen LogP contribution is 2.52. The van der Waals surface area contributed by atoms with Crippen LogP contribution in [0.15, 0.2) is 30.4 Å². The van der Waals surface area contributed by atoms with Gasteiger partial charge in [-0.3, -0.25) is 9.59 Å². The molecule has 7 nitrogen and oxygen atoms in total. The number of hydrogen-bond donors (Lipinski definition) is 1. The normalized spacial score (nSPS) is 33.4. The summed E-state index contributed by atoms with van der Waals surface area (Å²) in [5.41, 5.74) is -1.39. The van der Waals surface area contributed by atoms with Crippen LogP contribution in [0.25, 0.3) is 0 Å². The molecule has 0 aromatic heterocycles. The van der Waals surface area contributed by atoms with Gasteiger partial charge in [0.25, 0.3) is 0 Å². The number of nitrogens with zero attached hydrogens (tertiary/aromatic N) is 1. The summed E-state index contributed by atoms with van der Waals surface area (Å²) in [5.74, 6) is -4.07. The predicted octanol–water partition coefficient (Wildman–Crippen LogP) is -0.491. The monoisotopic (exact) mass is 348 g/mol. The van der Waals surface area contributed by atoms with Crippen molar-refractivity contribution < 1.29 is 29.3 Å². The van der Waals surface area contributed by atoms with Gasteiger partial charge in [0.05, 0.1) is 36.2 Å². The molecule has 2 fully saturated rings. The third kappa shape index (κ3) is 1.77. The second-order valence-electron chi connectivity index (χ2n) is 6.02. The van der Waals surface area contributed by atoms with Gasteiger partial charge in [-0.15, -0.1) is 0 Å². The van der Waals surface area contributed by atoms with Gasteiger partial charge in [-0.05, 0) is 18.2 Å². The van der Waals surface area contributed by atoms with Crippen LogP contribution in [-0.2, 0) is 14.3 Å². The fourth-order valence-corrected chi connectivity index (χ4v) is 3.94. The van der Waals surface area contributed by atoms with Crippen molar-refractivity contribution in [1.29, 1.82) is 0 Å². The highest BCUT2D eigenvalue weighted by molar-refractivity contribution is 6.33. The summed E-state index contributed by atoms with van der Waals surface area (Å²) in [6.45, 7) is -0.418. The minimum absolute atomic E-state index is 0.0464. The molecule has 3 aliphatic heterocycles. The second-order valence-corrected chi connectivity index (χ2v) is 6.43. The first-order valence-electron chi connectivity index (χ1n) is 7.26. The van der Waals surface area contributed by atoms with E-state index in [1.807, 2.05) is 0 Å². The summed E-state index contributed by atoms with van der Waals surface area (Å²) in [5, 5.41) is 20.7. The fraction of sp³-hybridized carbons (Fsp3) is 0.312. The Morgan fingerprint density at radius 2 is 2.12 bits per heavy atom. The third-order valence-electron chi connectivity index (χ3n) is 4.83. The second kappa shape index (κ2) is 4.89. The van der Waals surface area contributed by atoms with Gasteiger partial charge in [0.15, 0.2) is 0 Å². The Morgan fingerprint density at radius 3 is 2.79 bits per heavy atom. The van der Waals surface area contributed by atoms with E-state index in [0.29, 0.717) is 0 Å². The summed E-state index contributed by atoms with van der Waals surface area (Å²) in [6, 6.07) is 3.83. The van der Waals surface area contributed by atoms with E-state index in [9.17, 15) is 24.6 Å². The number of rotatable bonds is 3. The summed E-state index contributed by atoms with van der Waals surface area (Å²) in [7, 11) is 0. The molecule has 24 heavy (non-hydrogen) atoms. The van der Waals surface area contributed by atoms with Gasteiger partial charge in [0.1, 0.15) is 5.60 Å². The van der Waals surface area contributed by atoms with Crippen LogP contribution in [0, 0.1) is 11.8 Å². The maximum absolute atomic E-state index is 12.8. The van der Waals surface area contributed by atoms with Crippen molar-refractivity contribution in [3.63, 3.8) is 0 Å². The average molecular weight is 349 g/mol. The van der Waals surface area contributed by atoms with Crippen LogP contribution in [0.4, 0.5) is 5.69 Å². The molecule has 4 atom stereocenters. The number of imide groups is 1. The number of aliphatic hydroxyl groups is 1. The largest absolute Gasteiger partial charge is 0.545 e. The molecular weight excluding hydrogens is 338 g/mol. The van der Waals surface area contributed by atoms with Crippen LogP contribution in [0.5, 0.6) is 0 Å². The van der Waals surface area contributed by atoms with E-state index in [2.05, 4.69) is 0 Å². The number of aromatic carboxylic acids is 1. The highest BCUT2D eigenvalue weighted by atomic mass is 35.5. The molecule has 2 amide bonds. The SMILES string of the molecule is O=C([O-])c1cc(N2C(=O)[C@@H]3[C@@H](C2=O)[C@]2(CO)C=C[C@H]3O2)ccc1Cl. The van der Waals surface area contributed by atoms with E-state index in [0.717, 1.165) is 11.0 Å². The standard InChI is InChI=1S/C16H12ClNO6/c17-9-2-1-7(5-8(9)15(22)23)18-13(20)11-10-3-4-16(6-19,24-10)12(11)14(18)21/h1-5,10-12,19H,6H2,(H,22,23)/p-1/t10-,11+,12+,16-/m1/s1. The molecule has 3 aliphatic rings. The number of aliphatic hydroxyl groups excluding tert-OH is 1. The quantitative estimate of drug-likeness (QED) is 0.583. The predicted molar refractivity (Wildman–Crippen MR) is 79.1 cm³/mol. The Morgan fingerprint density at radius 1 is 1.38 bits per heavy atom. The topological polar surface area (TPSA) is 107 Å². The van der Waals surface area contributed by atoms with Crippen molar-refractivity contribution in [2.75, 3.05) is 11.5 Å². The zero-order valence-electron chi connectivity index (χ0n) is 12.1. The lowest BCUT2D eigenvalue weighted by molar-refractivity contribution is -0.255. The summed E-state index contributed by atoms with van der Waals surface area (Å²) < 4.78 is 5.63. The van der Waals surface area contributed by atoms with E-state index in [1.165, 1.54) is 12.1 Å². The Kier molecular flexibility index (Phi) is 3.12. The van der Waals surface area contributed by atoms with Crippen LogP contribution < -0.4 is 10.0 Å². The first kappa shape index (κ1) is 15.3. The maximum atomic E-state index is 12.8. The van der Waals surface area contributed by atoms with Gasteiger partial charge in [0, 0.05) is 10.6 Å². The number of amides is 2. The van der Waals surface area contributed by atoms with E-state index < -0.39 is 47.9 Å². The Labute approximate surface area is 141 Å². The van der Waals surface area contributed by atoms with Crippen LogP contribution in [0.3, 0.4) is 0 Å². The molecule has 8 heteroatoms. The number of carbonyl (C=O) groups is 3. The van der Waals surface area contributed by atoms with Gasteiger partial charge in [-0.25, -0.2) is 4.90 Å². The third-order valence-corrected chi connectivity index (χ3v) is 5.16. The highest BCUT2D eigenvalue weighted by Gasteiger charge is 2.67. The average Bonchev–Trinajstić information content (AvgIpc) is 3.19. The molecule has 0 saturated carbocycles. The molecule has 2 bridgehead atoms. The molecule has 0 unspecified atom stereocenters. The minimum Gasteiger partial charge on any atom is -0.545 e. The molecule has 0 aliphatic carbocycles. The van der Waals surface area contributed by atoms with Gasteiger partial charge in [-0.2, -0.15) is 0 Å². The maximum Gasteiger partial charge on any atom is 0.241 e. The molecule has 4 rings (SSSR count).